The monoisotopic (exact) mass is 292 g/mol. The van der Waals surface area contributed by atoms with Gasteiger partial charge in [-0.1, -0.05) is 41.9 Å². The number of benzene rings is 1. The summed E-state index contributed by atoms with van der Waals surface area (Å²) in [6, 6.07) is 11.2. The summed E-state index contributed by atoms with van der Waals surface area (Å²) in [6.45, 7) is 1.87. The lowest BCUT2D eigenvalue weighted by Gasteiger charge is -2.21. The minimum atomic E-state index is -0.549. The Hall–Kier alpha value is -1.85. The lowest BCUT2D eigenvalue weighted by atomic mass is 10.0. The largest absolute Gasteiger partial charge is 0.391 e. The van der Waals surface area contributed by atoms with Gasteiger partial charge in [0.15, 0.2) is 0 Å². The van der Waals surface area contributed by atoms with Gasteiger partial charge in [0.1, 0.15) is 11.0 Å². The summed E-state index contributed by atoms with van der Waals surface area (Å²) < 4.78 is 0. The fraction of sp³-hybridized carbons (Fsp3) is 0.286. The van der Waals surface area contributed by atoms with Crippen molar-refractivity contribution in [3.63, 3.8) is 0 Å². The van der Waals surface area contributed by atoms with E-state index in [1.165, 1.54) is 0 Å². The predicted molar refractivity (Wildman–Crippen MR) is 80.7 cm³/mol. The average molecular weight is 293 g/mol. The molecule has 0 radical (unpaired) electrons. The van der Waals surface area contributed by atoms with Crippen LogP contribution in [0.5, 0.6) is 0 Å². The highest BCUT2D eigenvalue weighted by molar-refractivity contribution is 6.29. The van der Waals surface area contributed by atoms with Gasteiger partial charge < -0.3 is 16.2 Å². The Labute approximate surface area is 122 Å². The lowest BCUT2D eigenvalue weighted by molar-refractivity contribution is 0.158. The van der Waals surface area contributed by atoms with E-state index in [-0.39, 0.29) is 17.1 Å². The topological polar surface area (TPSA) is 84.1 Å². The van der Waals surface area contributed by atoms with Crippen LogP contribution < -0.4 is 11.1 Å². The van der Waals surface area contributed by atoms with Crippen molar-refractivity contribution in [3.8, 4) is 0 Å². The van der Waals surface area contributed by atoms with Crippen LogP contribution in [-0.4, -0.2) is 27.2 Å². The summed E-state index contributed by atoms with van der Waals surface area (Å²) >= 11 is 5.81. The maximum atomic E-state index is 10.2. The first kappa shape index (κ1) is 14.6. The molecule has 4 N–H and O–H groups in total. The van der Waals surface area contributed by atoms with E-state index in [1.807, 2.05) is 37.3 Å². The van der Waals surface area contributed by atoms with Crippen LogP contribution in [0.25, 0.3) is 0 Å². The maximum absolute atomic E-state index is 10.2. The number of anilines is 2. The van der Waals surface area contributed by atoms with Crippen LogP contribution in [0.2, 0.25) is 5.15 Å². The van der Waals surface area contributed by atoms with Crippen molar-refractivity contribution >= 4 is 23.4 Å². The number of halogens is 1. The van der Waals surface area contributed by atoms with E-state index in [0.29, 0.717) is 12.2 Å². The number of aliphatic hydroxyl groups is 1. The highest BCUT2D eigenvalue weighted by Crippen LogP contribution is 2.15. The molecule has 2 atom stereocenters. The van der Waals surface area contributed by atoms with Crippen molar-refractivity contribution in [2.45, 2.75) is 25.5 Å². The molecule has 0 aliphatic rings. The third kappa shape index (κ3) is 4.08. The summed E-state index contributed by atoms with van der Waals surface area (Å²) in [5.41, 5.74) is 6.60. The van der Waals surface area contributed by atoms with Crippen molar-refractivity contribution in [2.24, 2.45) is 0 Å². The summed E-state index contributed by atoms with van der Waals surface area (Å²) in [7, 11) is 0. The number of aliphatic hydroxyl groups excluding tert-OH is 1. The fourth-order valence-electron chi connectivity index (χ4n) is 1.87. The van der Waals surface area contributed by atoms with Gasteiger partial charge in [0.05, 0.1) is 12.1 Å². The lowest BCUT2D eigenvalue weighted by Crippen LogP contribution is -2.32. The zero-order valence-electron chi connectivity index (χ0n) is 11.1. The van der Waals surface area contributed by atoms with Gasteiger partial charge in [-0.25, -0.2) is 4.98 Å². The molecular formula is C14H17ClN4O. The van der Waals surface area contributed by atoms with Crippen LogP contribution in [0.3, 0.4) is 0 Å². The standard InChI is InChI=1S/C14H17ClN4O/c1-9(11(20)7-10-5-3-2-4-6-10)17-13-8-12(15)18-14(16)19-13/h2-6,8-9,11,20H,7H2,1H3,(H3,16,17,18,19). The number of nitrogens with zero attached hydrogens (tertiary/aromatic N) is 2. The molecule has 2 aromatic rings. The molecule has 6 heteroatoms. The van der Waals surface area contributed by atoms with Crippen molar-refractivity contribution in [3.05, 3.63) is 47.1 Å². The highest BCUT2D eigenvalue weighted by Gasteiger charge is 2.15. The van der Waals surface area contributed by atoms with Gasteiger partial charge in [0, 0.05) is 12.5 Å². The van der Waals surface area contributed by atoms with Crippen molar-refractivity contribution in [1.29, 1.82) is 0 Å². The first-order valence-electron chi connectivity index (χ1n) is 6.33. The Bertz CT molecular complexity index is 544. The molecule has 2 unspecified atom stereocenters. The number of nitrogens with two attached hydrogens (primary N) is 1. The smallest absolute Gasteiger partial charge is 0.223 e. The SMILES string of the molecule is CC(Nc1cc(Cl)nc(N)n1)C(O)Cc1ccccc1. The van der Waals surface area contributed by atoms with E-state index in [4.69, 9.17) is 17.3 Å². The van der Waals surface area contributed by atoms with Gasteiger partial charge in [-0.15, -0.1) is 0 Å². The molecule has 0 amide bonds. The molecule has 0 bridgehead atoms. The van der Waals surface area contributed by atoms with Crippen LogP contribution in [0.4, 0.5) is 11.8 Å². The number of nitrogen functional groups attached to an aromatic ring is 1. The zero-order chi connectivity index (χ0) is 14.5. The molecule has 5 nitrogen and oxygen atoms in total. The third-order valence-electron chi connectivity index (χ3n) is 2.95. The van der Waals surface area contributed by atoms with Crippen molar-refractivity contribution < 1.29 is 5.11 Å². The van der Waals surface area contributed by atoms with E-state index in [0.717, 1.165) is 5.56 Å². The third-order valence-corrected chi connectivity index (χ3v) is 3.15. The van der Waals surface area contributed by atoms with Gasteiger partial charge in [0.2, 0.25) is 5.95 Å². The quantitative estimate of drug-likeness (QED) is 0.735. The summed E-state index contributed by atoms with van der Waals surface area (Å²) in [5.74, 6) is 0.604. The second-order valence-corrected chi connectivity index (χ2v) is 5.01. The normalized spacial score (nSPS) is 13.8. The Balaban J connectivity index is 1.98. The van der Waals surface area contributed by atoms with Crippen LogP contribution in [0.15, 0.2) is 36.4 Å². The number of rotatable bonds is 5. The highest BCUT2D eigenvalue weighted by atomic mass is 35.5. The molecule has 1 heterocycles. The molecule has 0 fully saturated rings. The molecule has 106 valence electrons. The molecule has 20 heavy (non-hydrogen) atoms. The molecule has 0 saturated carbocycles. The van der Waals surface area contributed by atoms with Crippen molar-refractivity contribution in [2.75, 3.05) is 11.1 Å². The number of hydrogen-bond donors (Lipinski definition) is 3. The van der Waals surface area contributed by atoms with Crippen LogP contribution in [0.1, 0.15) is 12.5 Å². The summed E-state index contributed by atoms with van der Waals surface area (Å²) in [6.07, 6.45) is 0.0101. The molecule has 0 saturated heterocycles. The fourth-order valence-corrected chi connectivity index (χ4v) is 2.06. The Morgan fingerprint density at radius 2 is 2.00 bits per heavy atom. The second-order valence-electron chi connectivity index (χ2n) is 4.62. The van der Waals surface area contributed by atoms with E-state index >= 15 is 0 Å². The molecule has 2 rings (SSSR count). The summed E-state index contributed by atoms with van der Waals surface area (Å²) in [4.78, 5) is 7.81. The number of aromatic nitrogens is 2. The maximum Gasteiger partial charge on any atom is 0.223 e. The van der Waals surface area contributed by atoms with Crippen LogP contribution in [0, 0.1) is 0 Å². The van der Waals surface area contributed by atoms with Gasteiger partial charge in [-0.3, -0.25) is 0 Å². The molecule has 0 aliphatic carbocycles. The summed E-state index contributed by atoms with van der Waals surface area (Å²) in [5, 5.41) is 13.5. The molecule has 1 aromatic heterocycles. The Morgan fingerprint density at radius 3 is 2.65 bits per heavy atom. The number of nitrogens with one attached hydrogen (secondary N) is 1. The average Bonchev–Trinajstić information content (AvgIpc) is 2.38. The molecule has 1 aromatic carbocycles. The van der Waals surface area contributed by atoms with E-state index < -0.39 is 6.10 Å². The zero-order valence-corrected chi connectivity index (χ0v) is 11.9. The molecular weight excluding hydrogens is 276 g/mol. The van der Waals surface area contributed by atoms with Crippen molar-refractivity contribution in [1.82, 2.24) is 9.97 Å². The van der Waals surface area contributed by atoms with E-state index in [2.05, 4.69) is 15.3 Å². The number of hydrogen-bond acceptors (Lipinski definition) is 5. The van der Waals surface area contributed by atoms with Gasteiger partial charge in [-0.2, -0.15) is 4.98 Å². The Morgan fingerprint density at radius 1 is 1.30 bits per heavy atom. The van der Waals surface area contributed by atoms with Crippen LogP contribution in [-0.2, 0) is 6.42 Å². The van der Waals surface area contributed by atoms with Gasteiger partial charge >= 0.3 is 0 Å². The molecule has 0 aliphatic heterocycles. The van der Waals surface area contributed by atoms with E-state index in [1.54, 1.807) is 6.07 Å². The van der Waals surface area contributed by atoms with Gasteiger partial charge in [0.25, 0.3) is 0 Å². The minimum absolute atomic E-state index is 0.102. The first-order valence-corrected chi connectivity index (χ1v) is 6.71. The van der Waals surface area contributed by atoms with E-state index in [9.17, 15) is 5.11 Å². The van der Waals surface area contributed by atoms with Crippen LogP contribution >= 0.6 is 11.6 Å². The molecule has 0 spiro atoms. The Kier molecular flexibility index (Phi) is 4.76. The first-order chi connectivity index (χ1) is 9.54. The van der Waals surface area contributed by atoms with Gasteiger partial charge in [-0.05, 0) is 12.5 Å². The minimum Gasteiger partial charge on any atom is -0.391 e. The second kappa shape index (κ2) is 6.54. The predicted octanol–water partition coefficient (Wildman–Crippen LogP) is 2.12.